The number of nitrogens with one attached hydrogen (secondary N) is 1. The summed E-state index contributed by atoms with van der Waals surface area (Å²) in [6.07, 6.45) is 1.62. The molecule has 0 spiro atoms. The highest BCUT2D eigenvalue weighted by atomic mass is 35.5. The third kappa shape index (κ3) is 5.30. The maximum atomic E-state index is 13.5. The van der Waals surface area contributed by atoms with E-state index < -0.39 is 0 Å². The van der Waals surface area contributed by atoms with Crippen molar-refractivity contribution in [2.24, 2.45) is 5.92 Å². The van der Waals surface area contributed by atoms with E-state index in [1.807, 2.05) is 6.07 Å². The fourth-order valence-electron chi connectivity index (χ4n) is 1.82. The number of hydrogen-bond donors (Lipinski definition) is 1. The summed E-state index contributed by atoms with van der Waals surface area (Å²) in [6.45, 7) is 5.84. The van der Waals surface area contributed by atoms with Crippen molar-refractivity contribution in [2.45, 2.75) is 30.3 Å². The first kappa shape index (κ1) is 16.3. The Morgan fingerprint density at radius 3 is 2.76 bits per heavy atom. The number of rotatable bonds is 6. The highest BCUT2D eigenvalue weighted by Crippen LogP contribution is 2.30. The van der Waals surface area contributed by atoms with Crippen molar-refractivity contribution in [3.63, 3.8) is 0 Å². The van der Waals surface area contributed by atoms with Gasteiger partial charge in [0.25, 0.3) is 0 Å². The van der Waals surface area contributed by atoms with E-state index in [0.29, 0.717) is 17.5 Å². The average molecular weight is 325 g/mol. The summed E-state index contributed by atoms with van der Waals surface area (Å²) in [5, 5.41) is 4.79. The molecule has 0 aliphatic carbocycles. The van der Waals surface area contributed by atoms with Crippen LogP contribution in [0.5, 0.6) is 0 Å². The maximum Gasteiger partial charge on any atom is 0.123 e. The fraction of sp³-hybridized carbons (Fsp3) is 0.312. The van der Waals surface area contributed by atoms with E-state index in [0.717, 1.165) is 22.0 Å². The maximum absolute atomic E-state index is 13.5. The van der Waals surface area contributed by atoms with Crippen molar-refractivity contribution in [3.8, 4) is 0 Å². The van der Waals surface area contributed by atoms with Gasteiger partial charge in [-0.15, -0.1) is 0 Å². The molecule has 0 saturated heterocycles. The van der Waals surface area contributed by atoms with Crippen LogP contribution in [-0.2, 0) is 6.54 Å². The van der Waals surface area contributed by atoms with E-state index in [9.17, 15) is 4.39 Å². The van der Waals surface area contributed by atoms with E-state index in [4.69, 9.17) is 11.6 Å². The molecule has 0 bridgehead atoms. The Balaban J connectivity index is 2.12. The monoisotopic (exact) mass is 324 g/mol. The van der Waals surface area contributed by atoms with Crippen LogP contribution < -0.4 is 5.32 Å². The summed E-state index contributed by atoms with van der Waals surface area (Å²) in [4.78, 5) is 5.26. The van der Waals surface area contributed by atoms with Crippen LogP contribution >= 0.6 is 23.4 Å². The molecule has 2 aromatic rings. The predicted octanol–water partition coefficient (Wildman–Crippen LogP) is 4.77. The molecule has 1 N–H and O–H groups in total. The number of aromatic nitrogens is 1. The highest BCUT2D eigenvalue weighted by Gasteiger charge is 2.07. The molecule has 0 amide bonds. The fourth-order valence-corrected chi connectivity index (χ4v) is 2.79. The van der Waals surface area contributed by atoms with Gasteiger partial charge in [-0.25, -0.2) is 9.37 Å². The Hall–Kier alpha value is -1.10. The van der Waals surface area contributed by atoms with E-state index >= 15 is 0 Å². The number of benzene rings is 1. The molecule has 112 valence electrons. The molecule has 0 aliphatic rings. The average Bonchev–Trinajstić information content (AvgIpc) is 2.43. The van der Waals surface area contributed by atoms with Crippen LogP contribution in [0.4, 0.5) is 4.39 Å². The lowest BCUT2D eigenvalue weighted by molar-refractivity contribution is 0.547. The standard InChI is InChI=1S/C16H18ClFN2S/c1-11(2)8-19-9-12-7-14(18)4-5-15(12)21-16-6-3-13(17)10-20-16/h3-7,10-11,19H,8-9H2,1-2H3. The summed E-state index contributed by atoms with van der Waals surface area (Å²) >= 11 is 7.35. The number of hydrogen-bond acceptors (Lipinski definition) is 3. The summed E-state index contributed by atoms with van der Waals surface area (Å²) in [5.41, 5.74) is 0.942. The minimum atomic E-state index is -0.218. The molecule has 0 saturated carbocycles. The zero-order valence-corrected chi connectivity index (χ0v) is 13.6. The largest absolute Gasteiger partial charge is 0.312 e. The van der Waals surface area contributed by atoms with Crippen molar-refractivity contribution >= 4 is 23.4 Å². The number of pyridine rings is 1. The summed E-state index contributed by atoms with van der Waals surface area (Å²) in [7, 11) is 0. The Bertz CT molecular complexity index is 587. The topological polar surface area (TPSA) is 24.9 Å². The Morgan fingerprint density at radius 2 is 2.10 bits per heavy atom. The van der Waals surface area contributed by atoms with Crippen LogP contribution in [0.25, 0.3) is 0 Å². The highest BCUT2D eigenvalue weighted by molar-refractivity contribution is 7.99. The molecule has 1 aromatic carbocycles. The first-order valence-electron chi connectivity index (χ1n) is 6.83. The zero-order valence-electron chi connectivity index (χ0n) is 12.1. The van der Waals surface area contributed by atoms with Crippen molar-refractivity contribution in [3.05, 3.63) is 52.9 Å². The van der Waals surface area contributed by atoms with Gasteiger partial charge in [-0.1, -0.05) is 37.2 Å². The molecular formula is C16H18ClFN2S. The van der Waals surface area contributed by atoms with Crippen LogP contribution in [0.2, 0.25) is 5.02 Å². The quantitative estimate of drug-likeness (QED) is 0.828. The second-order valence-corrected chi connectivity index (χ2v) is 6.69. The van der Waals surface area contributed by atoms with Gasteiger partial charge in [0.05, 0.1) is 5.02 Å². The van der Waals surface area contributed by atoms with Gasteiger partial charge in [-0.2, -0.15) is 0 Å². The molecule has 0 aliphatic heterocycles. The first-order chi connectivity index (χ1) is 10.0. The van der Waals surface area contributed by atoms with Crippen LogP contribution in [0, 0.1) is 11.7 Å². The van der Waals surface area contributed by atoms with Crippen molar-refractivity contribution in [1.29, 1.82) is 0 Å². The molecule has 5 heteroatoms. The first-order valence-corrected chi connectivity index (χ1v) is 8.02. The van der Waals surface area contributed by atoms with Gasteiger partial charge in [0.15, 0.2) is 0 Å². The SMILES string of the molecule is CC(C)CNCc1cc(F)ccc1Sc1ccc(Cl)cn1. The van der Waals surface area contributed by atoms with Crippen LogP contribution in [0.1, 0.15) is 19.4 Å². The third-order valence-corrected chi connectivity index (χ3v) is 4.10. The Kier molecular flexibility index (Phi) is 6.03. The second-order valence-electron chi connectivity index (χ2n) is 5.19. The zero-order chi connectivity index (χ0) is 15.2. The van der Waals surface area contributed by atoms with E-state index in [2.05, 4.69) is 24.1 Å². The molecule has 0 fully saturated rings. The molecule has 1 aromatic heterocycles. The van der Waals surface area contributed by atoms with Crippen molar-refractivity contribution in [1.82, 2.24) is 10.3 Å². The minimum Gasteiger partial charge on any atom is -0.312 e. The Labute approximate surface area is 134 Å². The number of nitrogens with zero attached hydrogens (tertiary/aromatic N) is 1. The van der Waals surface area contributed by atoms with Gasteiger partial charge >= 0.3 is 0 Å². The molecule has 2 rings (SSSR count). The van der Waals surface area contributed by atoms with Crippen LogP contribution in [-0.4, -0.2) is 11.5 Å². The third-order valence-electron chi connectivity index (χ3n) is 2.81. The lowest BCUT2D eigenvalue weighted by Gasteiger charge is -2.11. The molecule has 21 heavy (non-hydrogen) atoms. The molecule has 0 radical (unpaired) electrons. The van der Waals surface area contributed by atoms with Gasteiger partial charge in [-0.3, -0.25) is 0 Å². The van der Waals surface area contributed by atoms with Crippen LogP contribution in [0.3, 0.4) is 0 Å². The van der Waals surface area contributed by atoms with Gasteiger partial charge in [-0.05, 0) is 48.4 Å². The van der Waals surface area contributed by atoms with Gasteiger partial charge in [0.1, 0.15) is 10.8 Å². The molecule has 2 nitrogen and oxygen atoms in total. The van der Waals surface area contributed by atoms with E-state index in [1.54, 1.807) is 24.4 Å². The van der Waals surface area contributed by atoms with E-state index in [-0.39, 0.29) is 5.82 Å². The molecular weight excluding hydrogens is 307 g/mol. The van der Waals surface area contributed by atoms with Gasteiger partial charge < -0.3 is 5.32 Å². The van der Waals surface area contributed by atoms with Gasteiger partial charge in [0, 0.05) is 17.6 Å². The van der Waals surface area contributed by atoms with E-state index in [1.165, 1.54) is 17.8 Å². The van der Waals surface area contributed by atoms with Crippen LogP contribution in [0.15, 0.2) is 46.5 Å². The summed E-state index contributed by atoms with van der Waals surface area (Å²) < 4.78 is 13.5. The lowest BCUT2D eigenvalue weighted by Crippen LogP contribution is -2.19. The Morgan fingerprint density at radius 1 is 1.29 bits per heavy atom. The molecule has 1 heterocycles. The predicted molar refractivity (Wildman–Crippen MR) is 86.3 cm³/mol. The molecule has 0 unspecified atom stereocenters. The van der Waals surface area contributed by atoms with Crippen molar-refractivity contribution in [2.75, 3.05) is 6.54 Å². The minimum absolute atomic E-state index is 0.218. The van der Waals surface area contributed by atoms with Crippen molar-refractivity contribution < 1.29 is 4.39 Å². The summed E-state index contributed by atoms with van der Waals surface area (Å²) in [6, 6.07) is 8.51. The smallest absolute Gasteiger partial charge is 0.123 e. The van der Waals surface area contributed by atoms with Gasteiger partial charge in [0.2, 0.25) is 0 Å². The second kappa shape index (κ2) is 7.78. The summed E-state index contributed by atoms with van der Waals surface area (Å²) in [5.74, 6) is 0.345. The lowest BCUT2D eigenvalue weighted by atomic mass is 10.2. The molecule has 0 atom stereocenters. The normalized spacial score (nSPS) is 11.1. The number of halogens is 2.